The minimum Gasteiger partial charge on any atom is -1.00 e. The van der Waals surface area contributed by atoms with Gasteiger partial charge < -0.3 is 21.7 Å². The molecule has 0 aliphatic heterocycles. The second kappa shape index (κ2) is 11.8. The van der Waals surface area contributed by atoms with Crippen LogP contribution in [0, 0.1) is 0 Å². The first-order chi connectivity index (χ1) is 15.3. The SMILES string of the molecule is CCOc1ccc(/C=C/C[P+](c2ccccc2)(c2ccccc2)c2ccccc2)cc1.[Br-]. The minimum atomic E-state index is -1.82. The maximum Gasteiger partial charge on any atom is 0.119 e. The zero-order valence-corrected chi connectivity index (χ0v) is 20.8. The number of rotatable bonds is 8. The van der Waals surface area contributed by atoms with Gasteiger partial charge in [-0.3, -0.25) is 0 Å². The number of hydrogen-bond acceptors (Lipinski definition) is 1. The quantitative estimate of drug-likeness (QED) is 0.336. The summed E-state index contributed by atoms with van der Waals surface area (Å²) >= 11 is 0. The lowest BCUT2D eigenvalue weighted by atomic mass is 10.2. The van der Waals surface area contributed by atoms with Crippen LogP contribution in [0.3, 0.4) is 0 Å². The normalized spacial score (nSPS) is 11.2. The van der Waals surface area contributed by atoms with Gasteiger partial charge in [-0.1, -0.05) is 72.8 Å². The van der Waals surface area contributed by atoms with Crippen LogP contribution in [0.15, 0.2) is 121 Å². The maximum atomic E-state index is 5.57. The predicted octanol–water partition coefficient (Wildman–Crippen LogP) is 3.10. The van der Waals surface area contributed by atoms with Gasteiger partial charge in [0.15, 0.2) is 0 Å². The molecule has 0 spiro atoms. The Hall–Kier alpha value is -2.67. The van der Waals surface area contributed by atoms with Crippen molar-refractivity contribution in [2.24, 2.45) is 0 Å². The number of halogens is 1. The molecule has 0 atom stereocenters. The van der Waals surface area contributed by atoms with E-state index in [0.29, 0.717) is 6.61 Å². The zero-order valence-electron chi connectivity index (χ0n) is 18.3. The molecule has 0 aromatic heterocycles. The average Bonchev–Trinajstić information content (AvgIpc) is 2.85. The predicted molar refractivity (Wildman–Crippen MR) is 137 cm³/mol. The molecule has 0 heterocycles. The summed E-state index contributed by atoms with van der Waals surface area (Å²) in [6.45, 7) is 2.70. The molecule has 0 fully saturated rings. The molecule has 0 bridgehead atoms. The summed E-state index contributed by atoms with van der Waals surface area (Å²) in [5, 5.41) is 4.22. The Morgan fingerprint density at radius 1 is 0.625 bits per heavy atom. The lowest BCUT2D eigenvalue weighted by Crippen LogP contribution is -3.00. The number of hydrogen-bond donors (Lipinski definition) is 0. The van der Waals surface area contributed by atoms with E-state index in [1.807, 2.05) is 19.1 Å². The standard InChI is InChI=1S/C29H28OP.BrH/c1-2-30-26-22-20-25(21-23-26)13-12-24-31(27-14-6-3-7-15-27,28-16-8-4-9-17-28)29-18-10-5-11-19-29;/h3-23H,2,24H2,1H3;1H/q+1;/p-1/b13-12+;. The van der Waals surface area contributed by atoms with Crippen molar-refractivity contribution in [3.8, 4) is 5.75 Å². The summed E-state index contributed by atoms with van der Waals surface area (Å²) in [6, 6.07) is 41.3. The van der Waals surface area contributed by atoms with Crippen molar-refractivity contribution in [2.75, 3.05) is 12.8 Å². The van der Waals surface area contributed by atoms with Crippen LogP contribution in [-0.2, 0) is 0 Å². The van der Waals surface area contributed by atoms with Crippen molar-refractivity contribution >= 4 is 29.3 Å². The van der Waals surface area contributed by atoms with Gasteiger partial charge in [-0.05, 0) is 67.1 Å². The summed E-state index contributed by atoms with van der Waals surface area (Å²) in [5.74, 6) is 0.916. The van der Waals surface area contributed by atoms with E-state index in [2.05, 4.69) is 115 Å². The molecule has 0 aliphatic carbocycles. The summed E-state index contributed by atoms with van der Waals surface area (Å²) in [6.07, 6.45) is 5.55. The van der Waals surface area contributed by atoms with Gasteiger partial charge in [0.25, 0.3) is 0 Å². The molecule has 3 heteroatoms. The number of allylic oxidation sites excluding steroid dienone is 1. The molecule has 0 saturated carbocycles. The van der Waals surface area contributed by atoms with E-state index in [1.165, 1.54) is 21.5 Å². The highest BCUT2D eigenvalue weighted by Crippen LogP contribution is 2.55. The minimum absolute atomic E-state index is 0. The molecule has 1 nitrogen and oxygen atoms in total. The molecular formula is C29H28BrOP. The van der Waals surface area contributed by atoms with E-state index in [0.717, 1.165) is 11.9 Å². The largest absolute Gasteiger partial charge is 1.00 e. The van der Waals surface area contributed by atoms with Gasteiger partial charge in [-0.15, -0.1) is 0 Å². The zero-order chi connectivity index (χ0) is 21.4. The first-order valence-corrected chi connectivity index (χ1v) is 12.7. The van der Waals surface area contributed by atoms with E-state index in [-0.39, 0.29) is 17.0 Å². The van der Waals surface area contributed by atoms with E-state index in [9.17, 15) is 0 Å². The average molecular weight is 503 g/mol. The van der Waals surface area contributed by atoms with Gasteiger partial charge in [0.2, 0.25) is 0 Å². The first-order valence-electron chi connectivity index (χ1n) is 10.8. The van der Waals surface area contributed by atoms with Crippen LogP contribution >= 0.6 is 7.26 Å². The Morgan fingerprint density at radius 3 is 1.47 bits per heavy atom. The van der Waals surface area contributed by atoms with Crippen LogP contribution in [0.5, 0.6) is 5.75 Å². The lowest BCUT2D eigenvalue weighted by molar-refractivity contribution is -0.00000656. The molecule has 4 aromatic carbocycles. The fraction of sp³-hybridized carbons (Fsp3) is 0.103. The van der Waals surface area contributed by atoms with E-state index in [4.69, 9.17) is 4.74 Å². The molecule has 4 rings (SSSR count). The molecular weight excluding hydrogens is 475 g/mol. The summed E-state index contributed by atoms with van der Waals surface area (Å²) < 4.78 is 5.57. The van der Waals surface area contributed by atoms with Gasteiger partial charge in [0, 0.05) is 0 Å². The van der Waals surface area contributed by atoms with Crippen molar-refractivity contribution in [3.63, 3.8) is 0 Å². The van der Waals surface area contributed by atoms with Crippen molar-refractivity contribution in [1.29, 1.82) is 0 Å². The monoisotopic (exact) mass is 502 g/mol. The molecule has 0 radical (unpaired) electrons. The highest BCUT2D eigenvalue weighted by atomic mass is 79.9. The number of ether oxygens (including phenoxy) is 1. The fourth-order valence-corrected chi connectivity index (χ4v) is 7.99. The van der Waals surface area contributed by atoms with Crippen LogP contribution in [-0.4, -0.2) is 12.8 Å². The Kier molecular flexibility index (Phi) is 8.85. The summed E-state index contributed by atoms with van der Waals surface area (Å²) in [5.41, 5.74) is 1.19. The highest BCUT2D eigenvalue weighted by Gasteiger charge is 2.43. The Bertz CT molecular complexity index is 998. The molecule has 0 N–H and O–H groups in total. The second-order valence-corrected chi connectivity index (χ2v) is 10.9. The summed E-state index contributed by atoms with van der Waals surface area (Å²) in [4.78, 5) is 0. The maximum absolute atomic E-state index is 5.57. The fourth-order valence-electron chi connectivity index (χ4n) is 4.00. The van der Waals surface area contributed by atoms with Gasteiger partial charge in [-0.25, -0.2) is 0 Å². The van der Waals surface area contributed by atoms with Crippen LogP contribution in [0.1, 0.15) is 12.5 Å². The Labute approximate surface area is 202 Å². The van der Waals surface area contributed by atoms with Crippen LogP contribution < -0.4 is 37.6 Å². The van der Waals surface area contributed by atoms with Crippen LogP contribution in [0.25, 0.3) is 6.08 Å². The van der Waals surface area contributed by atoms with Crippen LogP contribution in [0.4, 0.5) is 0 Å². The topological polar surface area (TPSA) is 9.23 Å². The molecule has 162 valence electrons. The Balaban J connectivity index is 0.00000289. The van der Waals surface area contributed by atoms with Crippen LogP contribution in [0.2, 0.25) is 0 Å². The van der Waals surface area contributed by atoms with Crippen molar-refractivity contribution in [2.45, 2.75) is 6.92 Å². The van der Waals surface area contributed by atoms with Crippen molar-refractivity contribution in [1.82, 2.24) is 0 Å². The van der Waals surface area contributed by atoms with Crippen molar-refractivity contribution in [3.05, 3.63) is 127 Å². The number of benzene rings is 4. The van der Waals surface area contributed by atoms with Gasteiger partial charge in [-0.2, -0.15) is 0 Å². The molecule has 0 amide bonds. The third-order valence-electron chi connectivity index (χ3n) is 5.47. The molecule has 0 unspecified atom stereocenters. The highest BCUT2D eigenvalue weighted by molar-refractivity contribution is 7.95. The molecule has 0 aliphatic rings. The van der Waals surface area contributed by atoms with Crippen molar-refractivity contribution < 1.29 is 21.7 Å². The third kappa shape index (κ3) is 5.38. The molecule has 32 heavy (non-hydrogen) atoms. The van der Waals surface area contributed by atoms with E-state index >= 15 is 0 Å². The van der Waals surface area contributed by atoms with Gasteiger partial charge in [0.05, 0.1) is 12.8 Å². The Morgan fingerprint density at radius 2 is 1.06 bits per heavy atom. The first kappa shape index (κ1) is 24.0. The van der Waals surface area contributed by atoms with E-state index in [1.54, 1.807) is 0 Å². The second-order valence-electron chi connectivity index (χ2n) is 7.40. The molecule has 4 aromatic rings. The summed E-state index contributed by atoms with van der Waals surface area (Å²) in [7, 11) is -1.82. The lowest BCUT2D eigenvalue weighted by Gasteiger charge is -2.26. The molecule has 0 saturated heterocycles. The smallest absolute Gasteiger partial charge is 0.119 e. The van der Waals surface area contributed by atoms with Gasteiger partial charge >= 0.3 is 0 Å². The van der Waals surface area contributed by atoms with E-state index < -0.39 is 7.26 Å². The third-order valence-corrected chi connectivity index (χ3v) is 9.77. The van der Waals surface area contributed by atoms with Gasteiger partial charge in [0.1, 0.15) is 28.9 Å².